The smallest absolute Gasteiger partial charge is 0.416 e. The molecular weight excluding hydrogens is 339 g/mol. The Hall–Kier alpha value is -0.843. The van der Waals surface area contributed by atoms with Crippen molar-refractivity contribution in [1.29, 1.82) is 0 Å². The molecule has 0 fully saturated rings. The molecule has 0 saturated carbocycles. The zero-order chi connectivity index (χ0) is 18.0. The summed E-state index contributed by atoms with van der Waals surface area (Å²) in [4.78, 5) is 11.6. The van der Waals surface area contributed by atoms with Crippen molar-refractivity contribution in [1.82, 2.24) is 4.90 Å². The number of likely N-dealkylation sites (N-methyl/N-ethyl adjacent to an activating group) is 1. The van der Waals surface area contributed by atoms with Crippen molar-refractivity contribution in [2.24, 2.45) is 0 Å². The number of alkyl halides is 7. The Labute approximate surface area is 124 Å². The zero-order valence-corrected chi connectivity index (χ0v) is 13.5. The summed E-state index contributed by atoms with van der Waals surface area (Å²) in [7, 11) is -2.04. The van der Waals surface area contributed by atoms with Crippen LogP contribution in [0.2, 0.25) is 19.6 Å². The van der Waals surface area contributed by atoms with Crippen LogP contribution in [0.5, 0.6) is 0 Å². The molecule has 0 radical (unpaired) electrons. The predicted octanol–water partition coefficient (Wildman–Crippen LogP) is 3.52. The van der Waals surface area contributed by atoms with E-state index < -0.39 is 45.3 Å². The van der Waals surface area contributed by atoms with Crippen LogP contribution in [0.4, 0.5) is 30.7 Å². The summed E-state index contributed by atoms with van der Waals surface area (Å²) in [6.07, 6.45) is -6.53. The molecule has 22 heavy (non-hydrogen) atoms. The van der Waals surface area contributed by atoms with Crippen molar-refractivity contribution in [3.05, 3.63) is 0 Å². The molecule has 0 unspecified atom stereocenters. The maximum atomic E-state index is 13.3. The van der Waals surface area contributed by atoms with Crippen LogP contribution in [0.15, 0.2) is 0 Å². The maximum Gasteiger partial charge on any atom is 0.460 e. The number of halogens is 7. The molecule has 0 atom stereocenters. The number of hydrogen-bond donors (Lipinski definition) is 0. The van der Waals surface area contributed by atoms with Crippen molar-refractivity contribution in [3.8, 4) is 0 Å². The van der Waals surface area contributed by atoms with Gasteiger partial charge in [0.25, 0.3) is 5.91 Å². The van der Waals surface area contributed by atoms with Crippen LogP contribution in [-0.4, -0.2) is 56.8 Å². The molecule has 0 heterocycles. The van der Waals surface area contributed by atoms with E-state index in [9.17, 15) is 35.5 Å². The Morgan fingerprint density at radius 3 is 1.82 bits per heavy atom. The number of hydrogen-bond acceptors (Lipinski definition) is 2. The van der Waals surface area contributed by atoms with Crippen LogP contribution in [0.25, 0.3) is 0 Å². The minimum Gasteiger partial charge on any atom is -0.416 e. The SMILES string of the molecule is CCN(CCO[Si](C)(C)C)C(=O)C(F)(F)C(F)(F)C(F)(F)F. The van der Waals surface area contributed by atoms with Gasteiger partial charge in [-0.1, -0.05) is 0 Å². The van der Waals surface area contributed by atoms with Gasteiger partial charge in [-0.3, -0.25) is 4.79 Å². The Morgan fingerprint density at radius 2 is 1.50 bits per heavy atom. The van der Waals surface area contributed by atoms with Gasteiger partial charge in [0.1, 0.15) is 0 Å². The quantitative estimate of drug-likeness (QED) is 0.515. The van der Waals surface area contributed by atoms with Crippen molar-refractivity contribution in [3.63, 3.8) is 0 Å². The van der Waals surface area contributed by atoms with Gasteiger partial charge in [-0.2, -0.15) is 30.7 Å². The highest BCUT2D eigenvalue weighted by molar-refractivity contribution is 6.69. The summed E-state index contributed by atoms with van der Waals surface area (Å²) in [5, 5.41) is 0. The number of nitrogens with zero attached hydrogens (tertiary/aromatic N) is 1. The van der Waals surface area contributed by atoms with E-state index in [0.717, 1.165) is 0 Å². The number of carbonyl (C=O) groups excluding carboxylic acids is 1. The van der Waals surface area contributed by atoms with Gasteiger partial charge < -0.3 is 9.33 Å². The average Bonchev–Trinajstić information content (AvgIpc) is 2.30. The average molecular weight is 357 g/mol. The zero-order valence-electron chi connectivity index (χ0n) is 12.5. The summed E-state index contributed by atoms with van der Waals surface area (Å²) in [5.41, 5.74) is 0. The third-order valence-corrected chi connectivity index (χ3v) is 3.65. The molecule has 0 rings (SSSR count). The molecular formula is C11H18F7NO2Si. The Kier molecular flexibility index (Phi) is 6.47. The third kappa shape index (κ3) is 4.83. The second-order valence-electron chi connectivity index (χ2n) is 5.49. The van der Waals surface area contributed by atoms with Gasteiger partial charge in [-0.15, -0.1) is 0 Å². The summed E-state index contributed by atoms with van der Waals surface area (Å²) in [5.74, 6) is -14.9. The van der Waals surface area contributed by atoms with Gasteiger partial charge >= 0.3 is 18.0 Å². The number of carbonyl (C=O) groups is 1. The van der Waals surface area contributed by atoms with Gasteiger partial charge in [0, 0.05) is 13.1 Å². The van der Waals surface area contributed by atoms with Crippen LogP contribution in [0.3, 0.4) is 0 Å². The lowest BCUT2D eigenvalue weighted by Crippen LogP contribution is -2.60. The first kappa shape index (κ1) is 21.2. The summed E-state index contributed by atoms with van der Waals surface area (Å²) >= 11 is 0. The molecule has 0 aromatic carbocycles. The van der Waals surface area contributed by atoms with E-state index in [1.54, 1.807) is 19.6 Å². The monoisotopic (exact) mass is 357 g/mol. The molecule has 11 heteroatoms. The molecule has 132 valence electrons. The normalized spacial score (nSPS) is 14.1. The summed E-state index contributed by atoms with van der Waals surface area (Å²) in [6.45, 7) is 5.31. The largest absolute Gasteiger partial charge is 0.460 e. The van der Waals surface area contributed by atoms with Gasteiger partial charge in [-0.05, 0) is 26.6 Å². The van der Waals surface area contributed by atoms with Gasteiger partial charge in [-0.25, -0.2) is 0 Å². The maximum absolute atomic E-state index is 13.3. The van der Waals surface area contributed by atoms with Crippen molar-refractivity contribution < 1.29 is 40.0 Å². The van der Waals surface area contributed by atoms with E-state index >= 15 is 0 Å². The van der Waals surface area contributed by atoms with Gasteiger partial charge in [0.05, 0.1) is 6.61 Å². The molecule has 3 nitrogen and oxygen atoms in total. The Bertz CT molecular complexity index is 393. The lowest BCUT2D eigenvalue weighted by atomic mass is 10.1. The molecule has 0 aliphatic heterocycles. The predicted molar refractivity (Wildman–Crippen MR) is 67.5 cm³/mol. The first-order chi connectivity index (χ1) is 9.58. The topological polar surface area (TPSA) is 29.5 Å². The highest BCUT2D eigenvalue weighted by Gasteiger charge is 2.76. The highest BCUT2D eigenvalue weighted by Crippen LogP contribution is 2.47. The van der Waals surface area contributed by atoms with Crippen molar-refractivity contribution >= 4 is 14.2 Å². The van der Waals surface area contributed by atoms with Crippen LogP contribution in [-0.2, 0) is 9.22 Å². The lowest BCUT2D eigenvalue weighted by molar-refractivity contribution is -0.345. The molecule has 0 spiro atoms. The number of rotatable bonds is 7. The molecule has 0 aliphatic rings. The summed E-state index contributed by atoms with van der Waals surface area (Å²) < 4.78 is 93.6. The van der Waals surface area contributed by atoms with Gasteiger partial charge in [0.15, 0.2) is 8.32 Å². The van der Waals surface area contributed by atoms with E-state index in [2.05, 4.69) is 0 Å². The molecule has 0 aliphatic carbocycles. The molecule has 0 aromatic heterocycles. The molecule has 0 saturated heterocycles. The lowest BCUT2D eigenvalue weighted by Gasteiger charge is -2.32. The summed E-state index contributed by atoms with van der Waals surface area (Å²) in [6, 6.07) is 0. The fourth-order valence-corrected chi connectivity index (χ4v) is 2.08. The molecule has 0 bridgehead atoms. The fraction of sp³-hybridized carbons (Fsp3) is 0.909. The number of amides is 1. The first-order valence-electron chi connectivity index (χ1n) is 6.33. The standard InChI is InChI=1S/C11H18F7NO2Si/c1-5-19(6-7-21-22(2,3)4)8(20)9(12,13)10(14,15)11(16,17)18/h5-7H2,1-4H3. The van der Waals surface area contributed by atoms with E-state index in [0.29, 0.717) is 0 Å². The van der Waals surface area contributed by atoms with Gasteiger partial charge in [0.2, 0.25) is 0 Å². The minimum atomic E-state index is -6.53. The van der Waals surface area contributed by atoms with Crippen molar-refractivity contribution in [2.45, 2.75) is 44.6 Å². The van der Waals surface area contributed by atoms with E-state index in [-0.39, 0.29) is 11.5 Å². The highest BCUT2D eigenvalue weighted by atomic mass is 28.4. The van der Waals surface area contributed by atoms with E-state index in [1.807, 2.05) is 0 Å². The molecule has 0 N–H and O–H groups in total. The molecule has 0 aromatic rings. The van der Waals surface area contributed by atoms with Crippen LogP contribution in [0.1, 0.15) is 6.92 Å². The van der Waals surface area contributed by atoms with E-state index in [4.69, 9.17) is 4.43 Å². The fourth-order valence-electron chi connectivity index (χ4n) is 1.38. The Morgan fingerprint density at radius 1 is 1.05 bits per heavy atom. The van der Waals surface area contributed by atoms with Crippen LogP contribution >= 0.6 is 0 Å². The minimum absolute atomic E-state index is 0.219. The van der Waals surface area contributed by atoms with Crippen molar-refractivity contribution in [2.75, 3.05) is 19.7 Å². The Balaban J connectivity index is 5.10. The van der Waals surface area contributed by atoms with Crippen LogP contribution < -0.4 is 0 Å². The molecule has 1 amide bonds. The second kappa shape index (κ2) is 6.73. The van der Waals surface area contributed by atoms with Crippen LogP contribution in [0, 0.1) is 0 Å². The first-order valence-corrected chi connectivity index (χ1v) is 9.74. The third-order valence-electron chi connectivity index (χ3n) is 2.58. The second-order valence-corrected chi connectivity index (χ2v) is 10.0. The van der Waals surface area contributed by atoms with E-state index in [1.165, 1.54) is 6.92 Å².